The second-order valence-corrected chi connectivity index (χ2v) is 7.64. The van der Waals surface area contributed by atoms with Crippen LogP contribution in [0.25, 0.3) is 0 Å². The molecule has 0 spiro atoms. The molecular formula is C23H32ClIN4O3. The molecule has 3 rings (SSSR count). The molecule has 1 fully saturated rings. The number of ether oxygens (including phenoxy) is 3. The highest BCUT2D eigenvalue weighted by Crippen LogP contribution is 2.24. The molecule has 1 saturated heterocycles. The minimum absolute atomic E-state index is 0. The van der Waals surface area contributed by atoms with Crippen LogP contribution in [-0.4, -0.2) is 65.0 Å². The molecule has 1 heterocycles. The third kappa shape index (κ3) is 7.40. The van der Waals surface area contributed by atoms with Gasteiger partial charge in [0.2, 0.25) is 0 Å². The smallest absolute Gasteiger partial charge is 0.191 e. The lowest BCUT2D eigenvalue weighted by Gasteiger charge is -2.35. The maximum Gasteiger partial charge on any atom is 0.191 e. The molecule has 1 aliphatic heterocycles. The third-order valence-electron chi connectivity index (χ3n) is 5.37. The van der Waals surface area contributed by atoms with Gasteiger partial charge in [0.25, 0.3) is 0 Å². The average molecular weight is 575 g/mol. The van der Waals surface area contributed by atoms with Crippen molar-refractivity contribution in [1.82, 2.24) is 15.5 Å². The molecule has 2 N–H and O–H groups in total. The lowest BCUT2D eigenvalue weighted by Crippen LogP contribution is -2.46. The van der Waals surface area contributed by atoms with Crippen LogP contribution in [0.1, 0.15) is 17.2 Å². The van der Waals surface area contributed by atoms with E-state index in [4.69, 9.17) is 25.8 Å². The topological polar surface area (TPSA) is 67.4 Å². The molecule has 0 radical (unpaired) electrons. The van der Waals surface area contributed by atoms with E-state index < -0.39 is 0 Å². The number of aliphatic imine (C=N–C) groups is 1. The maximum absolute atomic E-state index is 6.06. The van der Waals surface area contributed by atoms with Crippen molar-refractivity contribution in [3.8, 4) is 11.5 Å². The lowest BCUT2D eigenvalue weighted by molar-refractivity contribution is 0.0170. The molecule has 0 bridgehead atoms. The highest BCUT2D eigenvalue weighted by atomic mass is 127. The molecule has 0 amide bonds. The van der Waals surface area contributed by atoms with Gasteiger partial charge in [-0.1, -0.05) is 29.8 Å². The van der Waals surface area contributed by atoms with Crippen LogP contribution in [0.15, 0.2) is 47.5 Å². The summed E-state index contributed by atoms with van der Waals surface area (Å²) in [5.41, 5.74) is 2.24. The fourth-order valence-corrected chi connectivity index (χ4v) is 3.79. The maximum atomic E-state index is 6.06. The number of methoxy groups -OCH3 is 2. The first kappa shape index (κ1) is 26.5. The number of nitrogens with one attached hydrogen (secondary N) is 2. The average Bonchev–Trinajstić information content (AvgIpc) is 2.82. The molecule has 1 unspecified atom stereocenters. The van der Waals surface area contributed by atoms with E-state index in [1.54, 1.807) is 21.3 Å². The first-order chi connectivity index (χ1) is 15.1. The summed E-state index contributed by atoms with van der Waals surface area (Å²) in [6.07, 6.45) is 0. The van der Waals surface area contributed by atoms with Gasteiger partial charge in [-0.05, 0) is 29.8 Å². The molecule has 1 atom stereocenters. The van der Waals surface area contributed by atoms with Crippen molar-refractivity contribution in [3.05, 3.63) is 58.6 Å². The van der Waals surface area contributed by atoms with E-state index in [1.807, 2.05) is 30.3 Å². The highest BCUT2D eigenvalue weighted by Gasteiger charge is 2.23. The zero-order valence-electron chi connectivity index (χ0n) is 18.8. The summed E-state index contributed by atoms with van der Waals surface area (Å²) in [5.74, 6) is 2.33. The zero-order chi connectivity index (χ0) is 22.1. The summed E-state index contributed by atoms with van der Waals surface area (Å²) < 4.78 is 16.3. The van der Waals surface area contributed by atoms with E-state index in [-0.39, 0.29) is 30.0 Å². The van der Waals surface area contributed by atoms with Gasteiger partial charge in [-0.25, -0.2) is 0 Å². The standard InChI is InChI=1S/C23H31ClN4O3.HI/c1-25-23(26-15-18-4-7-19(24)14-22(18)30-3)27-16-21(28-10-12-31-13-11-28)17-5-8-20(29-2)9-6-17;/h4-9,14,21H,10-13,15-16H2,1-3H3,(H2,25,26,27);1H. The quantitative estimate of drug-likeness (QED) is 0.285. The first-order valence-corrected chi connectivity index (χ1v) is 10.7. The van der Waals surface area contributed by atoms with Gasteiger partial charge in [0.15, 0.2) is 5.96 Å². The monoisotopic (exact) mass is 574 g/mol. The van der Waals surface area contributed by atoms with Crippen LogP contribution in [0, 0.1) is 0 Å². The van der Waals surface area contributed by atoms with Crippen molar-refractivity contribution in [2.75, 3.05) is 54.1 Å². The van der Waals surface area contributed by atoms with Crippen molar-refractivity contribution < 1.29 is 14.2 Å². The normalized spacial score (nSPS) is 15.4. The van der Waals surface area contributed by atoms with E-state index >= 15 is 0 Å². The number of morpholine rings is 1. The van der Waals surface area contributed by atoms with Crippen LogP contribution >= 0.6 is 35.6 Å². The SMILES string of the molecule is CN=C(NCc1ccc(Cl)cc1OC)NCC(c1ccc(OC)cc1)N1CCOCC1.I. The molecule has 9 heteroatoms. The Morgan fingerprint density at radius 2 is 1.81 bits per heavy atom. The van der Waals surface area contributed by atoms with E-state index in [9.17, 15) is 0 Å². The van der Waals surface area contributed by atoms with Gasteiger partial charge in [0, 0.05) is 43.8 Å². The largest absolute Gasteiger partial charge is 0.497 e. The summed E-state index contributed by atoms with van der Waals surface area (Å²) in [5, 5.41) is 7.48. The second kappa shape index (κ2) is 13.7. The number of hydrogen-bond acceptors (Lipinski definition) is 5. The Labute approximate surface area is 212 Å². The Bertz CT molecular complexity index is 861. The Balaban J connectivity index is 0.00000363. The first-order valence-electron chi connectivity index (χ1n) is 10.4. The molecule has 7 nitrogen and oxygen atoms in total. The molecule has 32 heavy (non-hydrogen) atoms. The predicted octanol–water partition coefficient (Wildman–Crippen LogP) is 3.71. The van der Waals surface area contributed by atoms with Crippen LogP contribution in [0.2, 0.25) is 5.02 Å². The predicted molar refractivity (Wildman–Crippen MR) is 140 cm³/mol. The summed E-state index contributed by atoms with van der Waals surface area (Å²) >= 11 is 6.06. The fraction of sp³-hybridized carbons (Fsp3) is 0.435. The molecule has 2 aromatic carbocycles. The van der Waals surface area contributed by atoms with Crippen LogP contribution in [0.3, 0.4) is 0 Å². The lowest BCUT2D eigenvalue weighted by atomic mass is 10.0. The summed E-state index contributed by atoms with van der Waals surface area (Å²) in [7, 11) is 5.09. The zero-order valence-corrected chi connectivity index (χ0v) is 21.9. The second-order valence-electron chi connectivity index (χ2n) is 7.20. The number of benzene rings is 2. The summed E-state index contributed by atoms with van der Waals surface area (Å²) in [4.78, 5) is 6.82. The van der Waals surface area contributed by atoms with Gasteiger partial charge in [0.1, 0.15) is 11.5 Å². The molecule has 176 valence electrons. The van der Waals surface area contributed by atoms with Gasteiger partial charge in [-0.15, -0.1) is 24.0 Å². The summed E-state index contributed by atoms with van der Waals surface area (Å²) in [6.45, 7) is 4.57. The number of halogens is 2. The molecule has 0 aromatic heterocycles. The number of hydrogen-bond donors (Lipinski definition) is 2. The van der Waals surface area contributed by atoms with Crippen molar-refractivity contribution >= 4 is 41.5 Å². The molecule has 0 saturated carbocycles. The van der Waals surface area contributed by atoms with Gasteiger partial charge in [-0.2, -0.15) is 0 Å². The van der Waals surface area contributed by atoms with Crippen molar-refractivity contribution in [2.45, 2.75) is 12.6 Å². The van der Waals surface area contributed by atoms with Crippen LogP contribution < -0.4 is 20.1 Å². The van der Waals surface area contributed by atoms with Crippen LogP contribution in [-0.2, 0) is 11.3 Å². The van der Waals surface area contributed by atoms with Gasteiger partial charge in [0.05, 0.1) is 33.5 Å². The molecule has 0 aliphatic carbocycles. The molecule has 1 aliphatic rings. The van der Waals surface area contributed by atoms with Crippen molar-refractivity contribution in [2.24, 2.45) is 4.99 Å². The number of guanidine groups is 1. The number of rotatable bonds is 8. The van der Waals surface area contributed by atoms with E-state index in [0.29, 0.717) is 18.1 Å². The summed E-state index contributed by atoms with van der Waals surface area (Å²) in [6, 6.07) is 14.1. The number of nitrogens with zero attached hydrogens (tertiary/aromatic N) is 2. The Morgan fingerprint density at radius 1 is 1.09 bits per heavy atom. The van der Waals surface area contributed by atoms with Crippen LogP contribution in [0.4, 0.5) is 0 Å². The third-order valence-corrected chi connectivity index (χ3v) is 5.60. The van der Waals surface area contributed by atoms with Crippen LogP contribution in [0.5, 0.6) is 11.5 Å². The fourth-order valence-electron chi connectivity index (χ4n) is 3.63. The molecular weight excluding hydrogens is 543 g/mol. The van der Waals surface area contributed by atoms with Gasteiger partial charge >= 0.3 is 0 Å². The van der Waals surface area contributed by atoms with Gasteiger partial charge < -0.3 is 24.8 Å². The highest BCUT2D eigenvalue weighted by molar-refractivity contribution is 14.0. The van der Waals surface area contributed by atoms with E-state index in [0.717, 1.165) is 49.3 Å². The van der Waals surface area contributed by atoms with E-state index in [1.165, 1.54) is 5.56 Å². The van der Waals surface area contributed by atoms with Crippen molar-refractivity contribution in [1.29, 1.82) is 0 Å². The molecule has 2 aromatic rings. The Morgan fingerprint density at radius 3 is 2.44 bits per heavy atom. The Hall–Kier alpha value is -1.75. The minimum Gasteiger partial charge on any atom is -0.497 e. The van der Waals surface area contributed by atoms with Crippen molar-refractivity contribution in [3.63, 3.8) is 0 Å². The Kier molecular flexibility index (Phi) is 11.4. The van der Waals surface area contributed by atoms with E-state index in [2.05, 4.69) is 32.7 Å². The minimum atomic E-state index is 0. The van der Waals surface area contributed by atoms with Gasteiger partial charge in [-0.3, -0.25) is 9.89 Å².